The Labute approximate surface area is 120 Å². The van der Waals surface area contributed by atoms with E-state index in [9.17, 15) is 0 Å². The van der Waals surface area contributed by atoms with Gasteiger partial charge < -0.3 is 9.80 Å². The lowest BCUT2D eigenvalue weighted by molar-refractivity contribution is 0.642. The highest BCUT2D eigenvalue weighted by molar-refractivity contribution is 5.86. The highest BCUT2D eigenvalue weighted by Crippen LogP contribution is 2.22. The van der Waals surface area contributed by atoms with Crippen molar-refractivity contribution >= 4 is 22.7 Å². The minimum atomic E-state index is 0.774. The molecule has 0 aliphatic carbocycles. The summed E-state index contributed by atoms with van der Waals surface area (Å²) < 4.78 is 0. The Kier molecular flexibility index (Phi) is 2.84. The molecule has 1 aliphatic heterocycles. The van der Waals surface area contributed by atoms with E-state index < -0.39 is 0 Å². The molecule has 1 fully saturated rings. The molecule has 8 nitrogen and oxygen atoms in total. The maximum atomic E-state index is 4.41. The van der Waals surface area contributed by atoms with Gasteiger partial charge in [0.2, 0.25) is 0 Å². The summed E-state index contributed by atoms with van der Waals surface area (Å²) in [6, 6.07) is 0. The maximum Gasteiger partial charge on any atom is 0.160 e. The van der Waals surface area contributed by atoms with Crippen LogP contribution in [0.5, 0.6) is 0 Å². The highest BCUT2D eigenvalue weighted by Gasteiger charge is 2.21. The Balaban J connectivity index is 1.54. The smallest absolute Gasteiger partial charge is 0.160 e. The number of nitrogens with zero attached hydrogens (tertiary/aromatic N) is 7. The van der Waals surface area contributed by atoms with E-state index in [1.54, 1.807) is 31.1 Å². The van der Waals surface area contributed by atoms with Crippen molar-refractivity contribution in [1.82, 2.24) is 30.1 Å². The quantitative estimate of drug-likeness (QED) is 0.731. The van der Waals surface area contributed by atoms with Crippen LogP contribution in [0.1, 0.15) is 0 Å². The van der Waals surface area contributed by atoms with E-state index in [2.05, 4.69) is 39.9 Å². The number of rotatable bonds is 2. The van der Waals surface area contributed by atoms with Crippen LogP contribution in [0.2, 0.25) is 0 Å². The SMILES string of the molecule is c1cnc(N2CCN(c3ncnc4[nH]ncc34)CC2)cn1. The van der Waals surface area contributed by atoms with Gasteiger partial charge in [-0.25, -0.2) is 15.0 Å². The lowest BCUT2D eigenvalue weighted by Crippen LogP contribution is -2.47. The zero-order chi connectivity index (χ0) is 14.1. The highest BCUT2D eigenvalue weighted by atomic mass is 15.3. The Morgan fingerprint density at radius 3 is 2.57 bits per heavy atom. The fraction of sp³-hybridized carbons (Fsp3) is 0.308. The molecular weight excluding hydrogens is 268 g/mol. The molecule has 3 aromatic heterocycles. The summed E-state index contributed by atoms with van der Waals surface area (Å²) in [4.78, 5) is 21.5. The second-order valence-electron chi connectivity index (χ2n) is 4.87. The van der Waals surface area contributed by atoms with Crippen molar-refractivity contribution in [3.63, 3.8) is 0 Å². The predicted molar refractivity (Wildman–Crippen MR) is 78.1 cm³/mol. The second kappa shape index (κ2) is 4.97. The van der Waals surface area contributed by atoms with E-state index in [4.69, 9.17) is 0 Å². The molecule has 4 rings (SSSR count). The van der Waals surface area contributed by atoms with E-state index >= 15 is 0 Å². The van der Waals surface area contributed by atoms with Gasteiger partial charge in [-0.3, -0.25) is 10.1 Å². The number of fused-ring (bicyclic) bond motifs is 1. The number of anilines is 2. The van der Waals surface area contributed by atoms with Gasteiger partial charge in [-0.1, -0.05) is 0 Å². The number of aromatic amines is 1. The van der Waals surface area contributed by atoms with Gasteiger partial charge in [0.25, 0.3) is 0 Å². The molecule has 3 aromatic rings. The molecule has 1 aliphatic rings. The molecule has 1 saturated heterocycles. The largest absolute Gasteiger partial charge is 0.352 e. The maximum absolute atomic E-state index is 4.41. The first-order valence-corrected chi connectivity index (χ1v) is 6.82. The Hall–Kier alpha value is -2.77. The minimum Gasteiger partial charge on any atom is -0.352 e. The van der Waals surface area contributed by atoms with Crippen molar-refractivity contribution in [1.29, 1.82) is 0 Å². The first-order valence-electron chi connectivity index (χ1n) is 6.82. The van der Waals surface area contributed by atoms with Crippen LogP contribution in [0.25, 0.3) is 11.0 Å². The molecule has 0 bridgehead atoms. The summed E-state index contributed by atoms with van der Waals surface area (Å²) in [6.07, 6.45) is 8.57. The van der Waals surface area contributed by atoms with Gasteiger partial charge >= 0.3 is 0 Å². The molecule has 1 N–H and O–H groups in total. The van der Waals surface area contributed by atoms with Crippen molar-refractivity contribution in [2.24, 2.45) is 0 Å². The summed E-state index contributed by atoms with van der Waals surface area (Å²) in [5, 5.41) is 7.88. The van der Waals surface area contributed by atoms with Gasteiger partial charge in [0.05, 0.1) is 17.8 Å². The van der Waals surface area contributed by atoms with Crippen LogP contribution in [0.4, 0.5) is 11.6 Å². The standard InChI is InChI=1S/C13H14N8/c1-2-15-11(8-14-1)20-3-5-21(6-4-20)13-10-7-18-19-12(10)16-9-17-13/h1-2,7-9H,3-6H2,(H,16,17,18,19). The van der Waals surface area contributed by atoms with Crippen molar-refractivity contribution in [3.8, 4) is 0 Å². The van der Waals surface area contributed by atoms with Crippen molar-refractivity contribution in [3.05, 3.63) is 31.1 Å². The van der Waals surface area contributed by atoms with E-state index in [0.717, 1.165) is 48.8 Å². The number of piperazine rings is 1. The van der Waals surface area contributed by atoms with Crippen LogP contribution in [-0.4, -0.2) is 56.3 Å². The summed E-state index contributed by atoms with van der Waals surface area (Å²) in [5.74, 6) is 1.86. The second-order valence-corrected chi connectivity index (χ2v) is 4.87. The summed E-state index contributed by atoms with van der Waals surface area (Å²) in [7, 11) is 0. The van der Waals surface area contributed by atoms with Crippen molar-refractivity contribution < 1.29 is 0 Å². The topological polar surface area (TPSA) is 86.7 Å². The Morgan fingerprint density at radius 2 is 1.76 bits per heavy atom. The van der Waals surface area contributed by atoms with Crippen molar-refractivity contribution in [2.75, 3.05) is 36.0 Å². The average Bonchev–Trinajstić information content (AvgIpc) is 3.04. The zero-order valence-electron chi connectivity index (χ0n) is 11.3. The van der Waals surface area contributed by atoms with Crippen molar-refractivity contribution in [2.45, 2.75) is 0 Å². The van der Waals surface area contributed by atoms with E-state index in [-0.39, 0.29) is 0 Å². The molecule has 0 amide bonds. The van der Waals surface area contributed by atoms with E-state index in [1.165, 1.54) is 0 Å². The predicted octanol–water partition coefficient (Wildman–Crippen LogP) is 0.469. The van der Waals surface area contributed by atoms with E-state index in [0.29, 0.717) is 0 Å². The number of nitrogens with one attached hydrogen (secondary N) is 1. The third kappa shape index (κ3) is 2.14. The molecule has 106 valence electrons. The van der Waals surface area contributed by atoms with Crippen LogP contribution in [-0.2, 0) is 0 Å². The van der Waals surface area contributed by atoms with Crippen LogP contribution < -0.4 is 9.80 Å². The average molecular weight is 282 g/mol. The molecule has 8 heteroatoms. The van der Waals surface area contributed by atoms with Crippen LogP contribution in [0, 0.1) is 0 Å². The fourth-order valence-electron chi connectivity index (χ4n) is 2.61. The minimum absolute atomic E-state index is 0.774. The Morgan fingerprint density at radius 1 is 0.905 bits per heavy atom. The molecule has 4 heterocycles. The van der Waals surface area contributed by atoms with Gasteiger partial charge in [-0.2, -0.15) is 5.10 Å². The van der Waals surface area contributed by atoms with E-state index in [1.807, 2.05) is 0 Å². The first-order chi connectivity index (χ1) is 10.4. The Bertz CT molecular complexity index is 732. The third-order valence-corrected chi connectivity index (χ3v) is 3.68. The molecule has 21 heavy (non-hydrogen) atoms. The number of H-pyrrole nitrogens is 1. The first kappa shape index (κ1) is 12.0. The molecule has 0 radical (unpaired) electrons. The number of aromatic nitrogens is 6. The van der Waals surface area contributed by atoms with Crippen LogP contribution in [0.3, 0.4) is 0 Å². The van der Waals surface area contributed by atoms with Crippen LogP contribution in [0.15, 0.2) is 31.1 Å². The molecule has 0 unspecified atom stereocenters. The van der Waals surface area contributed by atoms with Crippen LogP contribution >= 0.6 is 0 Å². The number of hydrogen-bond acceptors (Lipinski definition) is 7. The number of hydrogen-bond donors (Lipinski definition) is 1. The molecule has 0 atom stereocenters. The van der Waals surface area contributed by atoms with Gasteiger partial charge in [0, 0.05) is 38.6 Å². The summed E-state index contributed by atoms with van der Waals surface area (Å²) in [5.41, 5.74) is 0.774. The van der Waals surface area contributed by atoms with Gasteiger partial charge in [0.1, 0.15) is 18.0 Å². The van der Waals surface area contributed by atoms with Gasteiger partial charge in [-0.15, -0.1) is 0 Å². The zero-order valence-corrected chi connectivity index (χ0v) is 11.3. The molecular formula is C13H14N8. The summed E-state index contributed by atoms with van der Waals surface area (Å²) in [6.45, 7) is 3.55. The van der Waals surface area contributed by atoms with Gasteiger partial charge in [0.15, 0.2) is 5.65 Å². The monoisotopic (exact) mass is 282 g/mol. The molecule has 0 aromatic carbocycles. The van der Waals surface area contributed by atoms with Gasteiger partial charge in [-0.05, 0) is 0 Å². The lowest BCUT2D eigenvalue weighted by Gasteiger charge is -2.35. The normalized spacial score (nSPS) is 15.6. The molecule has 0 saturated carbocycles. The fourth-order valence-corrected chi connectivity index (χ4v) is 2.61. The summed E-state index contributed by atoms with van der Waals surface area (Å²) >= 11 is 0. The lowest BCUT2D eigenvalue weighted by atomic mass is 10.3. The molecule has 0 spiro atoms. The third-order valence-electron chi connectivity index (χ3n) is 3.68.